The van der Waals surface area contributed by atoms with E-state index in [1.54, 1.807) is 48.5 Å². The first-order valence-corrected chi connectivity index (χ1v) is 20.7. The normalized spacial score (nSPS) is 12.8. The number of nitrogens with zero attached hydrogens (tertiary/aromatic N) is 4. The Morgan fingerprint density at radius 2 is 1.52 bits per heavy atom. The van der Waals surface area contributed by atoms with Crippen LogP contribution in [0.3, 0.4) is 0 Å². The number of nitrogens with one attached hydrogen (secondary N) is 2. The van der Waals surface area contributed by atoms with Gasteiger partial charge in [-0.25, -0.2) is 14.8 Å². The molecule has 4 aromatic rings. The molecule has 4 rings (SSSR count). The van der Waals surface area contributed by atoms with E-state index in [0.29, 0.717) is 60.9 Å². The minimum absolute atomic E-state index is 0.00444. The fourth-order valence-corrected chi connectivity index (χ4v) is 6.59. The fraction of sp³-hybridized carbons (Fsp3) is 0.366. The number of pyridine rings is 1. The number of oxazole rings is 1. The van der Waals surface area contributed by atoms with Gasteiger partial charge >= 0.3 is 11.9 Å². The van der Waals surface area contributed by atoms with Gasteiger partial charge in [0.25, 0.3) is 0 Å². The molecule has 2 heterocycles. The van der Waals surface area contributed by atoms with Crippen LogP contribution in [-0.2, 0) is 34.4 Å². The molecule has 4 unspecified atom stereocenters. The van der Waals surface area contributed by atoms with Crippen molar-refractivity contribution in [3.63, 3.8) is 0 Å². The van der Waals surface area contributed by atoms with E-state index in [0.717, 1.165) is 5.56 Å². The summed E-state index contributed by atoms with van der Waals surface area (Å²) in [5, 5.41) is 26.1. The molecule has 2 amide bonds. The van der Waals surface area contributed by atoms with Crippen LogP contribution in [0.4, 0.5) is 5.82 Å². The van der Waals surface area contributed by atoms with Gasteiger partial charge in [0.05, 0.1) is 23.3 Å². The Bertz CT molecular complexity index is 2250. The number of hydrogen-bond donors (Lipinski definition) is 7. The zero-order valence-electron chi connectivity index (χ0n) is 33.8. The number of carbonyl (C=O) groups is 4. The number of carbonyl (C=O) groups excluding carboxylic acids is 4. The fourth-order valence-electron chi connectivity index (χ4n) is 5.59. The van der Waals surface area contributed by atoms with Crippen molar-refractivity contribution in [3.05, 3.63) is 76.6 Å². The minimum Gasteiger partial charge on any atom is -0.490 e. The van der Waals surface area contributed by atoms with Crippen LogP contribution in [0.1, 0.15) is 49.4 Å². The van der Waals surface area contributed by atoms with Gasteiger partial charge in [-0.1, -0.05) is 35.5 Å². The highest BCUT2D eigenvalue weighted by molar-refractivity contribution is 7.98. The first kappa shape index (κ1) is 48.4. The van der Waals surface area contributed by atoms with Gasteiger partial charge in [0.1, 0.15) is 66.4 Å². The maximum Gasteiger partial charge on any atom is 0.328 e. The molecular formula is C41H48ClN11O8S. The molecule has 0 fully saturated rings. The number of ether oxygens (including phenoxy) is 3. The molecule has 0 bridgehead atoms. The van der Waals surface area contributed by atoms with Crippen LogP contribution < -0.4 is 44.0 Å². The number of esters is 2. The van der Waals surface area contributed by atoms with E-state index in [2.05, 4.69) is 26.7 Å². The van der Waals surface area contributed by atoms with Crippen LogP contribution in [0.2, 0.25) is 5.02 Å². The summed E-state index contributed by atoms with van der Waals surface area (Å²) in [4.78, 5) is 59.3. The lowest BCUT2D eigenvalue weighted by atomic mass is 9.97. The van der Waals surface area contributed by atoms with Gasteiger partial charge in [0, 0.05) is 21.9 Å². The molecule has 21 heteroatoms. The molecule has 0 aliphatic rings. The van der Waals surface area contributed by atoms with Gasteiger partial charge in [0.2, 0.25) is 17.7 Å². The van der Waals surface area contributed by atoms with Crippen molar-refractivity contribution in [1.29, 1.82) is 10.5 Å². The van der Waals surface area contributed by atoms with Crippen molar-refractivity contribution in [1.82, 2.24) is 20.6 Å². The molecule has 0 saturated heterocycles. The topological polar surface area (TPSA) is 337 Å². The molecule has 0 saturated carbocycles. The Hall–Kier alpha value is -6.26. The predicted octanol–water partition coefficient (Wildman–Crippen LogP) is 2.26. The summed E-state index contributed by atoms with van der Waals surface area (Å²) in [6, 6.07) is 14.6. The van der Waals surface area contributed by atoms with E-state index < -0.39 is 61.1 Å². The predicted molar refractivity (Wildman–Crippen MR) is 230 cm³/mol. The van der Waals surface area contributed by atoms with Gasteiger partial charge in [-0.05, 0) is 87.7 Å². The Morgan fingerprint density at radius 1 is 0.887 bits per heavy atom. The number of aromatic nitrogens is 2. The Morgan fingerprint density at radius 3 is 2.15 bits per heavy atom. The van der Waals surface area contributed by atoms with E-state index in [9.17, 15) is 29.7 Å². The van der Waals surface area contributed by atoms with Gasteiger partial charge in [-0.15, -0.1) is 0 Å². The van der Waals surface area contributed by atoms with Crippen LogP contribution in [0.5, 0.6) is 5.75 Å². The van der Waals surface area contributed by atoms with Gasteiger partial charge in [-0.2, -0.15) is 10.5 Å². The SMILES string of the molecule is CC(NC(=O)C(N)CCCN)C(=O)OCC(COc1ccc(-c2c(C#N)c(N)nc(SCc3coc(-c4ccc(Cl)cc4)n3)c2C#N)cc1)OC(=O)CNC(=O)C(N)CCCN. The third-order valence-electron chi connectivity index (χ3n) is 8.94. The second-order valence-corrected chi connectivity index (χ2v) is 15.1. The molecule has 4 atom stereocenters. The quantitative estimate of drug-likeness (QED) is 0.0415. The third kappa shape index (κ3) is 14.2. The van der Waals surface area contributed by atoms with E-state index in [1.807, 2.05) is 6.07 Å². The summed E-state index contributed by atoms with van der Waals surface area (Å²) < 4.78 is 22.4. The number of halogens is 1. The van der Waals surface area contributed by atoms with Crippen LogP contribution in [-0.4, -0.2) is 90.8 Å². The molecule has 12 N–H and O–H groups in total. The maximum absolute atomic E-state index is 12.8. The summed E-state index contributed by atoms with van der Waals surface area (Å²) >= 11 is 7.18. The number of rotatable bonds is 23. The molecule has 0 spiro atoms. The summed E-state index contributed by atoms with van der Waals surface area (Å²) in [5.41, 5.74) is 31.0. The van der Waals surface area contributed by atoms with E-state index in [-0.39, 0.29) is 45.6 Å². The standard InChI is InChI=1S/C41H48ClN11O8S/c1-23(51-38(56)33(48)5-3-15-44)41(57)60-21-29(61-34(54)18-50-37(55)32(47)4-2-14-43)20-58-28-12-8-24(9-13-28)35-30(16-45)36(49)53-40(31(35)17-46)62-22-27-19-59-39(52-27)25-6-10-26(42)11-7-25/h6-13,19,23,29,32-33H,2-5,14-15,18,20-22,43-44,47-48H2,1H3,(H2,49,53)(H,50,55)(H,51,56). The second kappa shape index (κ2) is 24.3. The summed E-state index contributed by atoms with van der Waals surface area (Å²) in [5.74, 6) is -2.02. The molecule has 19 nitrogen and oxygen atoms in total. The molecule has 2 aromatic carbocycles. The number of hydrogen-bond acceptors (Lipinski definition) is 18. The van der Waals surface area contributed by atoms with Crippen molar-refractivity contribution in [2.75, 3.05) is 38.6 Å². The van der Waals surface area contributed by atoms with Gasteiger partial charge < -0.3 is 57.9 Å². The molecule has 62 heavy (non-hydrogen) atoms. The number of anilines is 1. The Balaban J connectivity index is 1.47. The zero-order chi connectivity index (χ0) is 45.2. The molecule has 328 valence electrons. The highest BCUT2D eigenvalue weighted by Crippen LogP contribution is 2.37. The maximum atomic E-state index is 12.8. The lowest BCUT2D eigenvalue weighted by Gasteiger charge is -2.21. The largest absolute Gasteiger partial charge is 0.490 e. The van der Waals surface area contributed by atoms with Crippen LogP contribution in [0.25, 0.3) is 22.6 Å². The average Bonchev–Trinajstić information content (AvgIpc) is 3.75. The molecule has 0 aliphatic heterocycles. The first-order valence-electron chi connectivity index (χ1n) is 19.3. The Kier molecular flexibility index (Phi) is 18.9. The third-order valence-corrected chi connectivity index (χ3v) is 10.2. The van der Waals surface area contributed by atoms with Crippen molar-refractivity contribution in [3.8, 4) is 40.5 Å². The monoisotopic (exact) mass is 889 g/mol. The van der Waals surface area contributed by atoms with Crippen molar-refractivity contribution < 1.29 is 37.8 Å². The smallest absolute Gasteiger partial charge is 0.328 e. The number of nitrogen functional groups attached to an aromatic ring is 1. The number of thioether (sulfide) groups is 1. The number of nitrogens with two attached hydrogens (primary N) is 5. The van der Waals surface area contributed by atoms with Crippen LogP contribution in [0, 0.1) is 22.7 Å². The first-order chi connectivity index (χ1) is 29.8. The van der Waals surface area contributed by atoms with Crippen LogP contribution >= 0.6 is 23.4 Å². The average molecular weight is 890 g/mol. The molecule has 0 radical (unpaired) electrons. The van der Waals surface area contributed by atoms with E-state index >= 15 is 0 Å². The Labute approximate surface area is 366 Å². The van der Waals surface area contributed by atoms with Crippen molar-refractivity contribution >= 4 is 52.9 Å². The van der Waals surface area contributed by atoms with Crippen molar-refractivity contribution in [2.24, 2.45) is 22.9 Å². The molecular weight excluding hydrogens is 842 g/mol. The molecule has 0 aliphatic carbocycles. The second-order valence-electron chi connectivity index (χ2n) is 13.7. The zero-order valence-corrected chi connectivity index (χ0v) is 35.4. The van der Waals surface area contributed by atoms with E-state index in [4.69, 9.17) is 58.9 Å². The summed E-state index contributed by atoms with van der Waals surface area (Å²) in [6.07, 6.45) is 1.97. The number of nitriles is 2. The molecule has 2 aromatic heterocycles. The minimum atomic E-state index is -1.19. The number of benzene rings is 2. The number of amides is 2. The van der Waals surface area contributed by atoms with Crippen molar-refractivity contribution in [2.45, 2.75) is 67.6 Å². The van der Waals surface area contributed by atoms with Gasteiger partial charge in [-0.3, -0.25) is 14.4 Å². The lowest BCUT2D eigenvalue weighted by molar-refractivity contribution is -0.161. The highest BCUT2D eigenvalue weighted by atomic mass is 35.5. The van der Waals surface area contributed by atoms with E-state index in [1.165, 1.54) is 24.9 Å². The van der Waals surface area contributed by atoms with Crippen LogP contribution in [0.15, 0.2) is 64.2 Å². The highest BCUT2D eigenvalue weighted by Gasteiger charge is 2.25. The summed E-state index contributed by atoms with van der Waals surface area (Å²) in [6.45, 7) is 0.737. The summed E-state index contributed by atoms with van der Waals surface area (Å²) in [7, 11) is 0. The van der Waals surface area contributed by atoms with Gasteiger partial charge in [0.15, 0.2) is 6.10 Å². The lowest BCUT2D eigenvalue weighted by Crippen LogP contribution is -2.48.